The van der Waals surface area contributed by atoms with Gasteiger partial charge in [0.25, 0.3) is 0 Å². The van der Waals surface area contributed by atoms with Crippen LogP contribution in [0, 0.1) is 34.0 Å². The van der Waals surface area contributed by atoms with Crippen molar-refractivity contribution in [1.29, 1.82) is 5.41 Å². The summed E-state index contributed by atoms with van der Waals surface area (Å²) in [7, 11) is 5.50. The third kappa shape index (κ3) is 2.54. The molecule has 4 aliphatic rings. The summed E-state index contributed by atoms with van der Waals surface area (Å²) in [6.45, 7) is 4.58. The van der Waals surface area contributed by atoms with E-state index >= 15 is 0 Å². The van der Waals surface area contributed by atoms with Gasteiger partial charge >= 0.3 is 0 Å². The number of ether oxygens (including phenoxy) is 2. The Bertz CT molecular complexity index is 658. The second kappa shape index (κ2) is 6.38. The van der Waals surface area contributed by atoms with Crippen LogP contribution in [0.4, 0.5) is 0 Å². The number of aliphatic hydroxyl groups excluding tert-OH is 1. The quantitative estimate of drug-likeness (QED) is 0.523. The molecule has 27 heavy (non-hydrogen) atoms. The van der Waals surface area contributed by atoms with Gasteiger partial charge in [0.15, 0.2) is 5.79 Å². The van der Waals surface area contributed by atoms with Gasteiger partial charge in [-0.25, -0.2) is 0 Å². The van der Waals surface area contributed by atoms with Gasteiger partial charge in [-0.3, -0.25) is 0 Å². The van der Waals surface area contributed by atoms with E-state index in [1.807, 2.05) is 7.05 Å². The Balaban J connectivity index is 1.78. The predicted molar refractivity (Wildman–Crippen MR) is 106 cm³/mol. The fourth-order valence-electron chi connectivity index (χ4n) is 7.27. The van der Waals surface area contributed by atoms with E-state index in [1.54, 1.807) is 14.2 Å². The van der Waals surface area contributed by atoms with Crippen LogP contribution >= 0.6 is 0 Å². The van der Waals surface area contributed by atoms with Crippen molar-refractivity contribution in [3.8, 4) is 0 Å². The standard InChI is InChI=1S/C22H36N2O3/c1-20-8-9-22(26-4,27-5)11-13(20)10-15(24-3)18-14-6-7-17(23)21(14,2)12-16(25)19(18)20/h10,14-16,18-19,23-25H,6-9,11-12H2,1-5H3/t14?,15-,16+,18?,19?,20?,21?/m0/s1. The minimum atomic E-state index is -0.542. The molecule has 3 fully saturated rings. The second-order valence-corrected chi connectivity index (χ2v) is 9.84. The highest BCUT2D eigenvalue weighted by Gasteiger charge is 2.63. The molecule has 0 radical (unpaired) electrons. The molecule has 4 aliphatic carbocycles. The van der Waals surface area contributed by atoms with E-state index in [4.69, 9.17) is 14.9 Å². The van der Waals surface area contributed by atoms with Crippen LogP contribution in [0.3, 0.4) is 0 Å². The summed E-state index contributed by atoms with van der Waals surface area (Å²) in [5.74, 6) is 0.533. The molecule has 0 spiro atoms. The molecule has 3 N–H and O–H groups in total. The maximum absolute atomic E-state index is 11.4. The molecular formula is C22H36N2O3. The molecule has 0 aromatic heterocycles. The molecule has 5 heteroatoms. The lowest BCUT2D eigenvalue weighted by molar-refractivity contribution is -0.231. The van der Waals surface area contributed by atoms with Crippen LogP contribution < -0.4 is 5.32 Å². The molecule has 0 saturated heterocycles. The number of rotatable bonds is 3. The summed E-state index contributed by atoms with van der Waals surface area (Å²) < 4.78 is 11.6. The fourth-order valence-corrected chi connectivity index (χ4v) is 7.27. The first-order valence-electron chi connectivity index (χ1n) is 10.5. The smallest absolute Gasteiger partial charge is 0.171 e. The number of hydrogen-bond donors (Lipinski definition) is 3. The molecule has 5 nitrogen and oxygen atoms in total. The van der Waals surface area contributed by atoms with Crippen molar-refractivity contribution in [2.75, 3.05) is 21.3 Å². The first-order valence-corrected chi connectivity index (χ1v) is 10.5. The monoisotopic (exact) mass is 376 g/mol. The molecule has 7 atom stereocenters. The first kappa shape index (κ1) is 19.6. The maximum atomic E-state index is 11.4. The van der Waals surface area contributed by atoms with E-state index in [1.165, 1.54) is 5.57 Å². The van der Waals surface area contributed by atoms with Gasteiger partial charge in [-0.2, -0.15) is 0 Å². The zero-order valence-corrected chi connectivity index (χ0v) is 17.5. The topological polar surface area (TPSA) is 74.6 Å². The van der Waals surface area contributed by atoms with Gasteiger partial charge in [0.2, 0.25) is 0 Å². The first-order chi connectivity index (χ1) is 12.7. The van der Waals surface area contributed by atoms with Crippen molar-refractivity contribution in [3.63, 3.8) is 0 Å². The minimum absolute atomic E-state index is 0.0237. The summed E-state index contributed by atoms with van der Waals surface area (Å²) in [4.78, 5) is 0. The maximum Gasteiger partial charge on any atom is 0.171 e. The van der Waals surface area contributed by atoms with E-state index in [0.29, 0.717) is 11.8 Å². The van der Waals surface area contributed by atoms with Crippen molar-refractivity contribution in [1.82, 2.24) is 5.32 Å². The number of fused-ring (bicyclic) bond motifs is 5. The van der Waals surface area contributed by atoms with Crippen LogP contribution in [0.5, 0.6) is 0 Å². The van der Waals surface area contributed by atoms with Gasteiger partial charge in [0.1, 0.15) is 0 Å². The van der Waals surface area contributed by atoms with Crippen molar-refractivity contribution < 1.29 is 14.6 Å². The second-order valence-electron chi connectivity index (χ2n) is 9.84. The Labute approximate surface area is 163 Å². The Morgan fingerprint density at radius 2 is 1.89 bits per heavy atom. The summed E-state index contributed by atoms with van der Waals surface area (Å²) >= 11 is 0. The van der Waals surface area contributed by atoms with Gasteiger partial charge < -0.3 is 25.3 Å². The summed E-state index contributed by atoms with van der Waals surface area (Å²) in [6.07, 6.45) is 7.34. The van der Waals surface area contributed by atoms with Gasteiger partial charge in [-0.05, 0) is 55.9 Å². The third-order valence-corrected chi connectivity index (χ3v) is 8.97. The van der Waals surface area contributed by atoms with E-state index < -0.39 is 5.79 Å². The lowest BCUT2D eigenvalue weighted by atomic mass is 9.46. The molecule has 0 heterocycles. The van der Waals surface area contributed by atoms with Crippen LogP contribution in [0.25, 0.3) is 0 Å². The van der Waals surface area contributed by atoms with Gasteiger partial charge in [0, 0.05) is 44.2 Å². The number of hydrogen-bond acceptors (Lipinski definition) is 5. The highest BCUT2D eigenvalue weighted by atomic mass is 16.7. The molecule has 0 aromatic rings. The Kier molecular flexibility index (Phi) is 4.62. The van der Waals surface area contributed by atoms with Crippen LogP contribution in [0.2, 0.25) is 0 Å². The Morgan fingerprint density at radius 3 is 2.52 bits per heavy atom. The van der Waals surface area contributed by atoms with Crippen molar-refractivity contribution in [2.45, 2.75) is 70.3 Å². The average Bonchev–Trinajstić information content (AvgIpc) is 2.95. The van der Waals surface area contributed by atoms with Crippen LogP contribution in [-0.2, 0) is 9.47 Å². The average molecular weight is 377 g/mol. The molecule has 5 unspecified atom stereocenters. The SMILES string of the molecule is CN[C@H]1C=C2CC(OC)(OC)CCC2(C)C2C1C1CCC(=N)C1(C)C[C@H]2O. The molecule has 3 saturated carbocycles. The van der Waals surface area contributed by atoms with Crippen LogP contribution in [-0.4, -0.2) is 50.0 Å². The van der Waals surface area contributed by atoms with Gasteiger partial charge in [-0.1, -0.05) is 25.5 Å². The fraction of sp³-hybridized carbons (Fsp3) is 0.864. The minimum Gasteiger partial charge on any atom is -0.393 e. The predicted octanol–water partition coefficient (Wildman–Crippen LogP) is 3.13. The Morgan fingerprint density at radius 1 is 1.19 bits per heavy atom. The molecule has 0 bridgehead atoms. The van der Waals surface area contributed by atoms with Crippen molar-refractivity contribution in [2.24, 2.45) is 28.6 Å². The number of likely N-dealkylation sites (N-methyl/N-ethyl adjacent to an activating group) is 1. The van der Waals surface area contributed by atoms with Gasteiger partial charge in [-0.15, -0.1) is 0 Å². The third-order valence-electron chi connectivity index (χ3n) is 8.97. The molecule has 0 amide bonds. The van der Waals surface area contributed by atoms with E-state index in [2.05, 4.69) is 25.2 Å². The number of methoxy groups -OCH3 is 2. The van der Waals surface area contributed by atoms with Crippen LogP contribution in [0.15, 0.2) is 11.6 Å². The van der Waals surface area contributed by atoms with E-state index in [0.717, 1.165) is 44.2 Å². The van der Waals surface area contributed by atoms with E-state index in [9.17, 15) is 5.11 Å². The molecule has 0 aromatic carbocycles. The highest BCUT2D eigenvalue weighted by molar-refractivity contribution is 5.89. The lowest BCUT2D eigenvalue weighted by Crippen LogP contribution is -2.62. The number of aliphatic hydroxyl groups is 1. The molecule has 0 aliphatic heterocycles. The largest absolute Gasteiger partial charge is 0.393 e. The zero-order valence-electron chi connectivity index (χ0n) is 17.5. The number of nitrogens with one attached hydrogen (secondary N) is 2. The molecular weight excluding hydrogens is 340 g/mol. The van der Waals surface area contributed by atoms with Crippen LogP contribution in [0.1, 0.15) is 52.4 Å². The highest BCUT2D eigenvalue weighted by Crippen LogP contribution is 2.64. The summed E-state index contributed by atoms with van der Waals surface area (Å²) in [5.41, 5.74) is 2.05. The Hall–Kier alpha value is -0.750. The molecule has 4 rings (SSSR count). The lowest BCUT2D eigenvalue weighted by Gasteiger charge is -2.61. The normalized spacial score (nSPS) is 48.4. The summed E-state index contributed by atoms with van der Waals surface area (Å²) in [5, 5.41) is 23.5. The van der Waals surface area contributed by atoms with Crippen molar-refractivity contribution >= 4 is 5.71 Å². The van der Waals surface area contributed by atoms with Gasteiger partial charge in [0.05, 0.1) is 6.10 Å². The molecule has 152 valence electrons. The van der Waals surface area contributed by atoms with Crippen molar-refractivity contribution in [3.05, 3.63) is 11.6 Å². The van der Waals surface area contributed by atoms with E-state index in [-0.39, 0.29) is 28.9 Å². The zero-order chi connectivity index (χ0) is 19.6. The summed E-state index contributed by atoms with van der Waals surface area (Å²) in [6, 6.07) is 0.229.